The lowest BCUT2D eigenvalue weighted by molar-refractivity contribution is 0.0960. The number of unbranched alkanes of at least 4 members (excludes halogenated alkanes) is 1. The van der Waals surface area contributed by atoms with Gasteiger partial charge < -0.3 is 14.8 Å². The molecule has 1 aliphatic carbocycles. The summed E-state index contributed by atoms with van der Waals surface area (Å²) in [5, 5.41) is 3.10. The second-order valence-electron chi connectivity index (χ2n) is 6.98. The molecule has 0 radical (unpaired) electrons. The standard InChI is InChI=1S/C18H28N4O/c23-17(20-10-4-5-12-21-14-11-19-16-21)22-13-6-9-18(15-22)7-2-1-3-8-18/h1-2,11,14,16H,3-10,12-13,15H2,(H,20,23)/t18-/m0/s1. The molecule has 1 aromatic rings. The predicted molar refractivity (Wildman–Crippen MR) is 91.1 cm³/mol. The minimum atomic E-state index is 0.126. The molecule has 1 spiro atoms. The summed E-state index contributed by atoms with van der Waals surface area (Å²) in [6.45, 7) is 3.57. The summed E-state index contributed by atoms with van der Waals surface area (Å²) >= 11 is 0. The molecule has 2 amide bonds. The fourth-order valence-corrected chi connectivity index (χ4v) is 3.84. The highest BCUT2D eigenvalue weighted by Gasteiger charge is 2.36. The molecule has 23 heavy (non-hydrogen) atoms. The number of urea groups is 1. The molecule has 3 rings (SSSR count). The van der Waals surface area contributed by atoms with Crippen molar-refractivity contribution in [3.8, 4) is 0 Å². The van der Waals surface area contributed by atoms with E-state index in [1.165, 1.54) is 19.3 Å². The van der Waals surface area contributed by atoms with E-state index in [1.807, 2.05) is 17.4 Å². The molecule has 1 fully saturated rings. The Labute approximate surface area is 138 Å². The summed E-state index contributed by atoms with van der Waals surface area (Å²) in [6, 6.07) is 0.126. The van der Waals surface area contributed by atoms with Crippen LogP contribution < -0.4 is 5.32 Å². The van der Waals surface area contributed by atoms with Gasteiger partial charge in [-0.3, -0.25) is 0 Å². The third kappa shape index (κ3) is 4.36. The van der Waals surface area contributed by atoms with Gasteiger partial charge in [0.15, 0.2) is 0 Å². The maximum Gasteiger partial charge on any atom is 0.317 e. The van der Waals surface area contributed by atoms with Crippen LogP contribution in [0.1, 0.15) is 44.9 Å². The van der Waals surface area contributed by atoms with Crippen molar-refractivity contribution in [1.82, 2.24) is 19.8 Å². The Balaban J connectivity index is 1.37. The molecule has 0 saturated carbocycles. The second kappa shape index (κ2) is 7.66. The first-order valence-corrected chi connectivity index (χ1v) is 8.91. The molecule has 1 atom stereocenters. The van der Waals surface area contributed by atoms with Crippen molar-refractivity contribution < 1.29 is 4.79 Å². The lowest BCUT2D eigenvalue weighted by Crippen LogP contribution is -2.50. The summed E-state index contributed by atoms with van der Waals surface area (Å²) in [5.41, 5.74) is 0.353. The number of aryl methyl sites for hydroxylation is 1. The number of hydrogen-bond donors (Lipinski definition) is 1. The molecule has 1 N–H and O–H groups in total. The molecule has 0 bridgehead atoms. The SMILES string of the molecule is O=C(NCCCCn1ccnc1)N1CCC[C@@]2(CC=CCC2)C1. The van der Waals surface area contributed by atoms with Crippen molar-refractivity contribution in [3.63, 3.8) is 0 Å². The maximum absolute atomic E-state index is 12.4. The quantitative estimate of drug-likeness (QED) is 0.670. The Kier molecular flexibility index (Phi) is 5.36. The van der Waals surface area contributed by atoms with Gasteiger partial charge in [0.05, 0.1) is 6.33 Å². The molecule has 5 heteroatoms. The summed E-state index contributed by atoms with van der Waals surface area (Å²) < 4.78 is 2.08. The molecular formula is C18H28N4O. The molecule has 0 unspecified atom stereocenters. The molecular weight excluding hydrogens is 288 g/mol. The number of hydrogen-bond acceptors (Lipinski definition) is 2. The molecule has 1 aliphatic heterocycles. The molecule has 126 valence electrons. The highest BCUT2D eigenvalue weighted by molar-refractivity contribution is 5.74. The number of nitrogens with one attached hydrogen (secondary N) is 1. The summed E-state index contributed by atoms with van der Waals surface area (Å²) in [6.07, 6.45) is 18.2. The van der Waals surface area contributed by atoms with E-state index in [1.54, 1.807) is 6.20 Å². The zero-order valence-corrected chi connectivity index (χ0v) is 13.9. The number of allylic oxidation sites excluding steroid dienone is 2. The van der Waals surface area contributed by atoms with Gasteiger partial charge in [0.25, 0.3) is 0 Å². The van der Waals surface area contributed by atoms with E-state index in [9.17, 15) is 4.79 Å². The van der Waals surface area contributed by atoms with Crippen LogP contribution >= 0.6 is 0 Å². The highest BCUT2D eigenvalue weighted by Crippen LogP contribution is 2.40. The van der Waals surface area contributed by atoms with Crippen LogP contribution in [0.3, 0.4) is 0 Å². The first-order chi connectivity index (χ1) is 11.3. The molecule has 5 nitrogen and oxygen atoms in total. The number of rotatable bonds is 5. The Morgan fingerprint density at radius 1 is 1.26 bits per heavy atom. The van der Waals surface area contributed by atoms with Gasteiger partial charge in [-0.2, -0.15) is 0 Å². The van der Waals surface area contributed by atoms with Crippen molar-refractivity contribution >= 4 is 6.03 Å². The lowest BCUT2D eigenvalue weighted by Gasteiger charge is -2.43. The van der Waals surface area contributed by atoms with E-state index in [4.69, 9.17) is 0 Å². The molecule has 1 saturated heterocycles. The Bertz CT molecular complexity index is 525. The fraction of sp³-hybridized carbons (Fsp3) is 0.667. The maximum atomic E-state index is 12.4. The average Bonchev–Trinajstić information content (AvgIpc) is 3.08. The number of nitrogens with zero attached hydrogens (tertiary/aromatic N) is 3. The van der Waals surface area contributed by atoms with Crippen LogP contribution in [0, 0.1) is 5.41 Å². The third-order valence-corrected chi connectivity index (χ3v) is 5.19. The van der Waals surface area contributed by atoms with Crippen molar-refractivity contribution in [2.45, 2.75) is 51.5 Å². The average molecular weight is 316 g/mol. The van der Waals surface area contributed by atoms with Crippen molar-refractivity contribution in [1.29, 1.82) is 0 Å². The Hall–Kier alpha value is -1.78. The smallest absolute Gasteiger partial charge is 0.317 e. The van der Waals surface area contributed by atoms with Crippen LogP contribution in [0.5, 0.6) is 0 Å². The van der Waals surface area contributed by atoms with E-state index in [0.717, 1.165) is 51.9 Å². The van der Waals surface area contributed by atoms with Crippen LogP contribution in [0.4, 0.5) is 4.79 Å². The van der Waals surface area contributed by atoms with Crippen LogP contribution in [-0.4, -0.2) is 40.1 Å². The number of imidazole rings is 1. The molecule has 1 aromatic heterocycles. The minimum absolute atomic E-state index is 0.126. The topological polar surface area (TPSA) is 50.2 Å². The zero-order chi connectivity index (χ0) is 16.0. The van der Waals surface area contributed by atoms with E-state index >= 15 is 0 Å². The number of aromatic nitrogens is 2. The third-order valence-electron chi connectivity index (χ3n) is 5.19. The molecule has 2 aliphatic rings. The monoisotopic (exact) mass is 316 g/mol. The van der Waals surface area contributed by atoms with E-state index in [0.29, 0.717) is 5.41 Å². The summed E-state index contributed by atoms with van der Waals surface area (Å²) in [4.78, 5) is 18.5. The first-order valence-electron chi connectivity index (χ1n) is 8.91. The van der Waals surface area contributed by atoms with Crippen LogP contribution in [0.25, 0.3) is 0 Å². The van der Waals surface area contributed by atoms with Gasteiger partial charge in [-0.15, -0.1) is 0 Å². The number of likely N-dealkylation sites (tertiary alicyclic amines) is 1. The number of amides is 2. The van der Waals surface area contributed by atoms with E-state index in [2.05, 4.69) is 27.0 Å². The van der Waals surface area contributed by atoms with Gasteiger partial charge in [0, 0.05) is 38.6 Å². The number of carbonyl (C=O) groups excluding carboxylic acids is 1. The van der Waals surface area contributed by atoms with E-state index in [-0.39, 0.29) is 6.03 Å². The van der Waals surface area contributed by atoms with Crippen LogP contribution in [-0.2, 0) is 6.54 Å². The van der Waals surface area contributed by atoms with Crippen molar-refractivity contribution in [2.75, 3.05) is 19.6 Å². The number of carbonyl (C=O) groups is 1. The first kappa shape index (κ1) is 16.1. The largest absolute Gasteiger partial charge is 0.338 e. The van der Waals surface area contributed by atoms with Gasteiger partial charge in [-0.25, -0.2) is 9.78 Å². The van der Waals surface area contributed by atoms with Crippen molar-refractivity contribution in [3.05, 3.63) is 30.9 Å². The van der Waals surface area contributed by atoms with Gasteiger partial charge >= 0.3 is 6.03 Å². The molecule has 2 heterocycles. The van der Waals surface area contributed by atoms with Gasteiger partial charge in [-0.1, -0.05) is 12.2 Å². The highest BCUT2D eigenvalue weighted by atomic mass is 16.2. The second-order valence-corrected chi connectivity index (χ2v) is 6.98. The van der Waals surface area contributed by atoms with Gasteiger partial charge in [-0.05, 0) is 50.4 Å². The van der Waals surface area contributed by atoms with Gasteiger partial charge in [0.1, 0.15) is 0 Å². The molecule has 0 aromatic carbocycles. The predicted octanol–water partition coefficient (Wildman–Crippen LogP) is 3.20. The zero-order valence-electron chi connectivity index (χ0n) is 13.9. The fourth-order valence-electron chi connectivity index (χ4n) is 3.84. The minimum Gasteiger partial charge on any atom is -0.338 e. The normalized spacial score (nSPS) is 24.1. The van der Waals surface area contributed by atoms with Crippen LogP contribution in [0.2, 0.25) is 0 Å². The van der Waals surface area contributed by atoms with Gasteiger partial charge in [0.2, 0.25) is 0 Å². The van der Waals surface area contributed by atoms with Crippen molar-refractivity contribution in [2.24, 2.45) is 5.41 Å². The summed E-state index contributed by atoms with van der Waals surface area (Å²) in [5.74, 6) is 0. The lowest BCUT2D eigenvalue weighted by atomic mass is 9.71. The Morgan fingerprint density at radius 2 is 2.22 bits per heavy atom. The number of piperidine rings is 1. The Morgan fingerprint density at radius 3 is 3.00 bits per heavy atom. The van der Waals surface area contributed by atoms with Crippen LogP contribution in [0.15, 0.2) is 30.9 Å². The van der Waals surface area contributed by atoms with E-state index < -0.39 is 0 Å². The summed E-state index contributed by atoms with van der Waals surface area (Å²) in [7, 11) is 0.